The molecular weight excluding hydrogens is 212 g/mol. The number of aryl methyl sites for hydroxylation is 1. The van der Waals surface area contributed by atoms with Gasteiger partial charge in [0.1, 0.15) is 6.04 Å². The van der Waals surface area contributed by atoms with E-state index in [1.165, 1.54) is 0 Å². The molecule has 4 nitrogen and oxygen atoms in total. The van der Waals surface area contributed by atoms with Crippen LogP contribution in [0.1, 0.15) is 30.6 Å². The Hall–Kier alpha value is -1.68. The minimum atomic E-state index is 0.00917. The van der Waals surface area contributed by atoms with Gasteiger partial charge in [-0.05, 0) is 31.0 Å². The lowest BCUT2D eigenvalue weighted by atomic mass is 10.0. The molecule has 0 aliphatic carbocycles. The maximum atomic E-state index is 6.19. The van der Waals surface area contributed by atoms with Gasteiger partial charge >= 0.3 is 0 Å². The summed E-state index contributed by atoms with van der Waals surface area (Å²) in [7, 11) is 0. The standard InChI is InChI=1S/C13H18N4/c1-3-11(14)13(12-6-4-5-7-15-12)17-9-10(2)8-16-17/h4-9,11,13H,3,14H2,1-2H3. The smallest absolute Gasteiger partial charge is 0.109 e. The summed E-state index contributed by atoms with van der Waals surface area (Å²) in [6.45, 7) is 4.10. The van der Waals surface area contributed by atoms with Crippen LogP contribution in [-0.4, -0.2) is 20.8 Å². The summed E-state index contributed by atoms with van der Waals surface area (Å²) >= 11 is 0. The molecule has 0 fully saturated rings. The van der Waals surface area contributed by atoms with Gasteiger partial charge in [0.25, 0.3) is 0 Å². The third-order valence-electron chi connectivity index (χ3n) is 2.88. The summed E-state index contributed by atoms with van der Waals surface area (Å²) in [6, 6.07) is 5.91. The first kappa shape index (κ1) is 11.8. The Morgan fingerprint density at radius 1 is 1.41 bits per heavy atom. The minimum absolute atomic E-state index is 0.00917. The number of pyridine rings is 1. The SMILES string of the molecule is CCC(N)C(c1ccccn1)n1cc(C)cn1. The molecule has 0 saturated carbocycles. The Balaban J connectivity index is 2.39. The highest BCUT2D eigenvalue weighted by molar-refractivity contribution is 5.14. The number of nitrogens with two attached hydrogens (primary N) is 1. The van der Waals surface area contributed by atoms with Crippen LogP contribution in [0.5, 0.6) is 0 Å². The van der Waals surface area contributed by atoms with Crippen molar-refractivity contribution >= 4 is 0 Å². The van der Waals surface area contributed by atoms with E-state index < -0.39 is 0 Å². The molecule has 2 N–H and O–H groups in total. The fourth-order valence-corrected chi connectivity index (χ4v) is 1.91. The van der Waals surface area contributed by atoms with Gasteiger partial charge in [0.15, 0.2) is 0 Å². The highest BCUT2D eigenvalue weighted by Gasteiger charge is 2.22. The van der Waals surface area contributed by atoms with Crippen molar-refractivity contribution in [3.63, 3.8) is 0 Å². The molecule has 0 spiro atoms. The van der Waals surface area contributed by atoms with Crippen LogP contribution in [0.3, 0.4) is 0 Å². The summed E-state index contributed by atoms with van der Waals surface area (Å²) in [5, 5.41) is 4.36. The van der Waals surface area contributed by atoms with Crippen LogP contribution in [0, 0.1) is 6.92 Å². The predicted octanol–water partition coefficient (Wildman–Crippen LogP) is 1.91. The number of nitrogens with zero attached hydrogens (tertiary/aromatic N) is 3. The lowest BCUT2D eigenvalue weighted by Crippen LogP contribution is -2.33. The van der Waals surface area contributed by atoms with Gasteiger partial charge in [-0.3, -0.25) is 9.67 Å². The van der Waals surface area contributed by atoms with Crippen molar-refractivity contribution < 1.29 is 0 Å². The van der Waals surface area contributed by atoms with E-state index in [1.807, 2.05) is 42.2 Å². The second-order valence-corrected chi connectivity index (χ2v) is 4.27. The topological polar surface area (TPSA) is 56.7 Å². The van der Waals surface area contributed by atoms with Crippen molar-refractivity contribution in [2.75, 3.05) is 0 Å². The molecule has 0 aliphatic heterocycles. The first-order valence-electron chi connectivity index (χ1n) is 5.89. The van der Waals surface area contributed by atoms with Gasteiger partial charge in [-0.1, -0.05) is 13.0 Å². The molecule has 17 heavy (non-hydrogen) atoms. The normalized spacial score (nSPS) is 14.5. The monoisotopic (exact) mass is 230 g/mol. The Labute approximate surface area is 101 Å². The zero-order chi connectivity index (χ0) is 12.3. The highest BCUT2D eigenvalue weighted by Crippen LogP contribution is 2.20. The molecule has 0 saturated heterocycles. The Kier molecular flexibility index (Phi) is 3.54. The molecule has 0 bridgehead atoms. The Morgan fingerprint density at radius 2 is 2.24 bits per heavy atom. The summed E-state index contributed by atoms with van der Waals surface area (Å²) in [4.78, 5) is 4.39. The second-order valence-electron chi connectivity index (χ2n) is 4.27. The van der Waals surface area contributed by atoms with Crippen molar-refractivity contribution in [3.05, 3.63) is 48.0 Å². The highest BCUT2D eigenvalue weighted by atomic mass is 15.3. The third-order valence-corrected chi connectivity index (χ3v) is 2.88. The van der Waals surface area contributed by atoms with Gasteiger partial charge in [-0.15, -0.1) is 0 Å². The molecule has 2 aromatic heterocycles. The molecule has 0 aliphatic rings. The van der Waals surface area contributed by atoms with E-state index in [0.717, 1.165) is 17.7 Å². The molecule has 2 unspecified atom stereocenters. The molecule has 0 aromatic carbocycles. The zero-order valence-electron chi connectivity index (χ0n) is 10.2. The quantitative estimate of drug-likeness (QED) is 0.873. The first-order chi connectivity index (χ1) is 8.22. The molecule has 4 heteroatoms. The average Bonchev–Trinajstić information content (AvgIpc) is 2.77. The van der Waals surface area contributed by atoms with Crippen molar-refractivity contribution in [3.8, 4) is 0 Å². The molecule has 2 rings (SSSR count). The van der Waals surface area contributed by atoms with Gasteiger partial charge < -0.3 is 5.73 Å². The number of hydrogen-bond acceptors (Lipinski definition) is 3. The van der Waals surface area contributed by atoms with E-state index in [0.29, 0.717) is 0 Å². The number of hydrogen-bond donors (Lipinski definition) is 1. The lowest BCUT2D eigenvalue weighted by molar-refractivity contribution is 0.415. The van der Waals surface area contributed by atoms with Gasteiger partial charge in [-0.25, -0.2) is 0 Å². The van der Waals surface area contributed by atoms with Gasteiger partial charge in [-0.2, -0.15) is 5.10 Å². The van der Waals surface area contributed by atoms with Gasteiger partial charge in [0, 0.05) is 18.4 Å². The maximum Gasteiger partial charge on any atom is 0.109 e. The van der Waals surface area contributed by atoms with Gasteiger partial charge in [0.05, 0.1) is 11.9 Å². The summed E-state index contributed by atoms with van der Waals surface area (Å²) in [5.74, 6) is 0. The lowest BCUT2D eigenvalue weighted by Gasteiger charge is -2.22. The molecule has 90 valence electrons. The van der Waals surface area contributed by atoms with E-state index in [1.54, 1.807) is 6.20 Å². The van der Waals surface area contributed by atoms with Crippen LogP contribution in [0.2, 0.25) is 0 Å². The Morgan fingerprint density at radius 3 is 2.76 bits per heavy atom. The fourth-order valence-electron chi connectivity index (χ4n) is 1.91. The van der Waals surface area contributed by atoms with E-state index in [9.17, 15) is 0 Å². The second kappa shape index (κ2) is 5.10. The fraction of sp³-hybridized carbons (Fsp3) is 0.385. The largest absolute Gasteiger partial charge is 0.326 e. The average molecular weight is 230 g/mol. The molecule has 2 aromatic rings. The Bertz CT molecular complexity index is 463. The summed E-state index contributed by atoms with van der Waals surface area (Å²) in [6.07, 6.45) is 6.54. The van der Waals surface area contributed by atoms with Crippen LogP contribution >= 0.6 is 0 Å². The number of rotatable bonds is 4. The van der Waals surface area contributed by atoms with Crippen LogP contribution in [0.25, 0.3) is 0 Å². The number of aromatic nitrogens is 3. The van der Waals surface area contributed by atoms with Crippen LogP contribution < -0.4 is 5.73 Å². The zero-order valence-corrected chi connectivity index (χ0v) is 10.2. The summed E-state index contributed by atoms with van der Waals surface area (Å²) < 4.78 is 1.91. The van der Waals surface area contributed by atoms with Crippen molar-refractivity contribution in [2.45, 2.75) is 32.4 Å². The summed E-state index contributed by atoms with van der Waals surface area (Å²) in [5.41, 5.74) is 8.29. The van der Waals surface area contributed by atoms with E-state index in [-0.39, 0.29) is 12.1 Å². The van der Waals surface area contributed by atoms with E-state index in [2.05, 4.69) is 17.0 Å². The predicted molar refractivity (Wildman–Crippen MR) is 67.6 cm³/mol. The van der Waals surface area contributed by atoms with E-state index >= 15 is 0 Å². The van der Waals surface area contributed by atoms with Crippen molar-refractivity contribution in [1.82, 2.24) is 14.8 Å². The van der Waals surface area contributed by atoms with Crippen molar-refractivity contribution in [2.24, 2.45) is 5.73 Å². The molecule has 0 amide bonds. The molecule has 0 radical (unpaired) electrons. The first-order valence-corrected chi connectivity index (χ1v) is 5.89. The molecular formula is C13H18N4. The van der Waals surface area contributed by atoms with E-state index in [4.69, 9.17) is 5.73 Å². The third kappa shape index (κ3) is 2.53. The minimum Gasteiger partial charge on any atom is -0.326 e. The maximum absolute atomic E-state index is 6.19. The van der Waals surface area contributed by atoms with Crippen molar-refractivity contribution in [1.29, 1.82) is 0 Å². The van der Waals surface area contributed by atoms with Crippen LogP contribution in [0.4, 0.5) is 0 Å². The molecule has 2 heterocycles. The molecule has 2 atom stereocenters. The van der Waals surface area contributed by atoms with Gasteiger partial charge in [0.2, 0.25) is 0 Å². The van der Waals surface area contributed by atoms with Crippen LogP contribution in [0.15, 0.2) is 36.8 Å². The van der Waals surface area contributed by atoms with Crippen LogP contribution in [-0.2, 0) is 0 Å².